The van der Waals surface area contributed by atoms with Crippen LogP contribution < -0.4 is 5.32 Å². The zero-order valence-electron chi connectivity index (χ0n) is 6.53. The second kappa shape index (κ2) is 3.89. The average molecular weight is 190 g/mol. The summed E-state index contributed by atoms with van der Waals surface area (Å²) in [6.07, 6.45) is 4.06. The Kier molecular flexibility index (Phi) is 3.08. The number of hydrogen-bond acceptors (Lipinski definition) is 3. The number of β-amino-alcohol motifs (C(OH)–C–C–N with tert-alkyl or cyclic N) is 1. The van der Waals surface area contributed by atoms with Crippen LogP contribution in [0.1, 0.15) is 18.3 Å². The van der Waals surface area contributed by atoms with Gasteiger partial charge < -0.3 is 15.4 Å². The maximum Gasteiger partial charge on any atom is 0.123 e. The molecule has 0 aromatic carbocycles. The first-order valence-electron chi connectivity index (χ1n) is 3.77. The van der Waals surface area contributed by atoms with E-state index in [1.165, 1.54) is 0 Å². The van der Waals surface area contributed by atoms with Gasteiger partial charge in [0.15, 0.2) is 0 Å². The van der Waals surface area contributed by atoms with Gasteiger partial charge in [-0.2, -0.15) is 0 Å². The molecule has 1 saturated heterocycles. The van der Waals surface area contributed by atoms with E-state index in [1.807, 2.05) is 0 Å². The van der Waals surface area contributed by atoms with Crippen LogP contribution >= 0.6 is 12.4 Å². The summed E-state index contributed by atoms with van der Waals surface area (Å²) in [6.45, 7) is 0.672. The fourth-order valence-corrected chi connectivity index (χ4v) is 1.39. The van der Waals surface area contributed by atoms with E-state index in [9.17, 15) is 5.11 Å². The van der Waals surface area contributed by atoms with E-state index in [-0.39, 0.29) is 24.6 Å². The molecule has 5 heteroatoms. The molecule has 1 fully saturated rings. The molecule has 2 rings (SSSR count). The van der Waals surface area contributed by atoms with Gasteiger partial charge in [-0.25, -0.2) is 4.98 Å². The molecule has 0 unspecified atom stereocenters. The number of aromatic nitrogens is 2. The van der Waals surface area contributed by atoms with Crippen LogP contribution in [0.15, 0.2) is 12.4 Å². The quantitative estimate of drug-likeness (QED) is 0.593. The van der Waals surface area contributed by atoms with Gasteiger partial charge in [-0.05, 0) is 6.42 Å². The Bertz CT molecular complexity index is 227. The normalized spacial score (nSPS) is 28.4. The van der Waals surface area contributed by atoms with E-state index < -0.39 is 0 Å². The first-order chi connectivity index (χ1) is 5.36. The minimum absolute atomic E-state index is 0. The Morgan fingerprint density at radius 1 is 1.58 bits per heavy atom. The Hall–Kier alpha value is -0.580. The van der Waals surface area contributed by atoms with Gasteiger partial charge in [-0.1, -0.05) is 0 Å². The van der Waals surface area contributed by atoms with Crippen molar-refractivity contribution in [2.75, 3.05) is 6.54 Å². The highest BCUT2D eigenvalue weighted by molar-refractivity contribution is 5.85. The number of rotatable bonds is 1. The van der Waals surface area contributed by atoms with Crippen LogP contribution in [0.3, 0.4) is 0 Å². The van der Waals surface area contributed by atoms with E-state index in [2.05, 4.69) is 15.3 Å². The predicted molar refractivity (Wildman–Crippen MR) is 47.2 cm³/mol. The largest absolute Gasteiger partial charge is 0.392 e. The van der Waals surface area contributed by atoms with Crippen LogP contribution in [0.25, 0.3) is 0 Å². The molecule has 1 aliphatic rings. The zero-order chi connectivity index (χ0) is 7.68. The van der Waals surface area contributed by atoms with Crippen molar-refractivity contribution in [3.63, 3.8) is 0 Å². The molecule has 0 saturated carbocycles. The van der Waals surface area contributed by atoms with E-state index in [0.29, 0.717) is 6.54 Å². The summed E-state index contributed by atoms with van der Waals surface area (Å²) in [5.74, 6) is 0.918. The minimum atomic E-state index is -0.218. The van der Waals surface area contributed by atoms with Crippen LogP contribution in [0.5, 0.6) is 0 Å². The van der Waals surface area contributed by atoms with E-state index in [4.69, 9.17) is 0 Å². The van der Waals surface area contributed by atoms with Crippen LogP contribution in [0.4, 0.5) is 0 Å². The van der Waals surface area contributed by atoms with Crippen molar-refractivity contribution < 1.29 is 5.11 Å². The van der Waals surface area contributed by atoms with Crippen LogP contribution in [0, 0.1) is 0 Å². The van der Waals surface area contributed by atoms with E-state index in [0.717, 1.165) is 12.2 Å². The predicted octanol–water partition coefficient (Wildman–Crippen LogP) is 0.227. The average Bonchev–Trinajstić information content (AvgIpc) is 2.55. The molecule has 2 heterocycles. The van der Waals surface area contributed by atoms with Gasteiger partial charge >= 0.3 is 0 Å². The van der Waals surface area contributed by atoms with E-state index >= 15 is 0 Å². The molecule has 3 N–H and O–H groups in total. The van der Waals surface area contributed by atoms with Crippen molar-refractivity contribution in [2.24, 2.45) is 0 Å². The van der Waals surface area contributed by atoms with Crippen molar-refractivity contribution in [1.82, 2.24) is 15.3 Å². The Morgan fingerprint density at radius 3 is 2.92 bits per heavy atom. The molecule has 0 bridgehead atoms. The smallest absolute Gasteiger partial charge is 0.123 e. The molecular weight excluding hydrogens is 178 g/mol. The first-order valence-corrected chi connectivity index (χ1v) is 3.77. The van der Waals surface area contributed by atoms with Crippen LogP contribution in [0.2, 0.25) is 0 Å². The number of nitrogens with one attached hydrogen (secondary N) is 2. The lowest BCUT2D eigenvalue weighted by Gasteiger charge is -2.04. The lowest BCUT2D eigenvalue weighted by atomic mass is 10.2. The SMILES string of the molecule is Cl.O[C@H]1CN[C@H](c2ncc[nH]2)C1. The Balaban J connectivity index is 0.000000720. The molecule has 0 amide bonds. The summed E-state index contributed by atoms with van der Waals surface area (Å²) < 4.78 is 0. The highest BCUT2D eigenvalue weighted by atomic mass is 35.5. The second-order valence-electron chi connectivity index (χ2n) is 2.82. The summed E-state index contributed by atoms with van der Waals surface area (Å²) in [7, 11) is 0. The molecule has 0 spiro atoms. The fraction of sp³-hybridized carbons (Fsp3) is 0.571. The van der Waals surface area contributed by atoms with Crippen LogP contribution in [-0.2, 0) is 0 Å². The fourth-order valence-electron chi connectivity index (χ4n) is 1.39. The van der Waals surface area contributed by atoms with Gasteiger partial charge in [-0.15, -0.1) is 12.4 Å². The van der Waals surface area contributed by atoms with Crippen molar-refractivity contribution in [1.29, 1.82) is 0 Å². The molecule has 1 aromatic heterocycles. The molecule has 68 valence electrons. The lowest BCUT2D eigenvalue weighted by Crippen LogP contribution is -2.15. The number of H-pyrrole nitrogens is 1. The third kappa shape index (κ3) is 1.77. The Morgan fingerprint density at radius 2 is 2.42 bits per heavy atom. The summed E-state index contributed by atoms with van der Waals surface area (Å²) in [5, 5.41) is 12.4. The summed E-state index contributed by atoms with van der Waals surface area (Å²) in [5.41, 5.74) is 0. The van der Waals surface area contributed by atoms with Gasteiger partial charge in [0.2, 0.25) is 0 Å². The van der Waals surface area contributed by atoms with Crippen LogP contribution in [-0.4, -0.2) is 27.7 Å². The van der Waals surface area contributed by atoms with Gasteiger partial charge in [0.1, 0.15) is 5.82 Å². The van der Waals surface area contributed by atoms with Gasteiger partial charge in [-0.3, -0.25) is 0 Å². The van der Waals surface area contributed by atoms with Crippen molar-refractivity contribution in [3.8, 4) is 0 Å². The molecule has 12 heavy (non-hydrogen) atoms. The topological polar surface area (TPSA) is 60.9 Å². The maximum absolute atomic E-state index is 9.19. The van der Waals surface area contributed by atoms with E-state index in [1.54, 1.807) is 12.4 Å². The molecule has 0 radical (unpaired) electrons. The van der Waals surface area contributed by atoms with Crippen molar-refractivity contribution in [3.05, 3.63) is 18.2 Å². The molecule has 0 aliphatic carbocycles. The third-order valence-electron chi connectivity index (χ3n) is 1.96. The summed E-state index contributed by atoms with van der Waals surface area (Å²) in [4.78, 5) is 7.12. The lowest BCUT2D eigenvalue weighted by molar-refractivity contribution is 0.193. The number of aromatic amines is 1. The maximum atomic E-state index is 9.19. The zero-order valence-corrected chi connectivity index (χ0v) is 7.34. The molecule has 1 aromatic rings. The van der Waals surface area contributed by atoms with Crippen molar-refractivity contribution in [2.45, 2.75) is 18.6 Å². The number of imidazole rings is 1. The number of hydrogen-bond donors (Lipinski definition) is 3. The van der Waals surface area contributed by atoms with Gasteiger partial charge in [0.05, 0.1) is 12.1 Å². The first kappa shape index (κ1) is 9.51. The summed E-state index contributed by atoms with van der Waals surface area (Å²) >= 11 is 0. The molecule has 1 aliphatic heterocycles. The monoisotopic (exact) mass is 189 g/mol. The van der Waals surface area contributed by atoms with Gasteiger partial charge in [0.25, 0.3) is 0 Å². The minimum Gasteiger partial charge on any atom is -0.392 e. The number of halogens is 1. The highest BCUT2D eigenvalue weighted by Gasteiger charge is 2.24. The molecule has 2 atom stereocenters. The molecular formula is C7H12ClN3O. The number of aliphatic hydroxyl groups is 1. The standard InChI is InChI=1S/C7H11N3O.ClH/c11-5-3-6(10-4-5)7-8-1-2-9-7;/h1-2,5-6,10-11H,3-4H2,(H,8,9);1H/t5-,6+;/m1./s1. The Labute approximate surface area is 76.8 Å². The highest BCUT2D eigenvalue weighted by Crippen LogP contribution is 2.19. The van der Waals surface area contributed by atoms with Crippen molar-refractivity contribution >= 4 is 12.4 Å². The molecule has 4 nitrogen and oxygen atoms in total. The number of aliphatic hydroxyl groups excluding tert-OH is 1. The third-order valence-corrected chi connectivity index (χ3v) is 1.96. The van der Waals surface area contributed by atoms with Gasteiger partial charge in [0, 0.05) is 18.9 Å². The summed E-state index contributed by atoms with van der Waals surface area (Å²) in [6, 6.07) is 0.208. The second-order valence-corrected chi connectivity index (χ2v) is 2.82. The number of nitrogens with zero attached hydrogens (tertiary/aromatic N) is 1.